The first-order valence-electron chi connectivity index (χ1n) is 9.90. The highest BCUT2D eigenvalue weighted by molar-refractivity contribution is 5.94. The van der Waals surface area contributed by atoms with E-state index >= 15 is 0 Å². The molecule has 0 spiro atoms. The summed E-state index contributed by atoms with van der Waals surface area (Å²) in [6.07, 6.45) is 0. The van der Waals surface area contributed by atoms with E-state index < -0.39 is 0 Å². The van der Waals surface area contributed by atoms with Crippen LogP contribution in [0.25, 0.3) is 0 Å². The van der Waals surface area contributed by atoms with Crippen molar-refractivity contribution < 1.29 is 19.2 Å². The molecule has 0 saturated carbocycles. The number of quaternary nitrogens is 1. The van der Waals surface area contributed by atoms with Crippen LogP contribution in [0.15, 0.2) is 48.5 Å². The molecule has 1 heterocycles. The van der Waals surface area contributed by atoms with Crippen molar-refractivity contribution in [3.63, 3.8) is 0 Å². The van der Waals surface area contributed by atoms with E-state index in [-0.39, 0.29) is 11.8 Å². The topological polar surface area (TPSA) is 75.1 Å². The van der Waals surface area contributed by atoms with E-state index in [0.717, 1.165) is 48.1 Å². The summed E-state index contributed by atoms with van der Waals surface area (Å²) in [5.74, 6) is -0.125. The van der Waals surface area contributed by atoms with Crippen molar-refractivity contribution in [2.45, 2.75) is 6.54 Å². The van der Waals surface area contributed by atoms with Crippen LogP contribution < -0.4 is 20.4 Å². The Bertz CT molecular complexity index is 815. The number of benzene rings is 2. The lowest BCUT2D eigenvalue weighted by atomic mass is 10.1. The number of morpholine rings is 1. The van der Waals surface area contributed by atoms with Gasteiger partial charge in [-0.15, -0.1) is 0 Å². The van der Waals surface area contributed by atoms with Crippen molar-refractivity contribution in [1.29, 1.82) is 0 Å². The summed E-state index contributed by atoms with van der Waals surface area (Å²) < 4.78 is 5.38. The minimum absolute atomic E-state index is 0.0244. The van der Waals surface area contributed by atoms with Crippen molar-refractivity contribution >= 4 is 23.2 Å². The molecule has 0 bridgehead atoms. The average molecular weight is 397 g/mol. The normalized spacial score (nSPS) is 14.9. The molecule has 154 valence electrons. The number of carbonyl (C=O) groups is 2. The number of amides is 2. The number of likely N-dealkylation sites (N-methyl/N-ethyl adjacent to an activating group) is 1. The number of nitrogens with zero attached hydrogens (tertiary/aromatic N) is 1. The Hall–Kier alpha value is -2.90. The van der Waals surface area contributed by atoms with Gasteiger partial charge in [-0.05, 0) is 36.4 Å². The zero-order valence-electron chi connectivity index (χ0n) is 17.0. The zero-order valence-corrected chi connectivity index (χ0v) is 17.0. The number of nitrogens with one attached hydrogen (secondary N) is 3. The third kappa shape index (κ3) is 6.04. The number of anilines is 2. The molecule has 1 aliphatic heterocycles. The standard InChI is InChI=1S/C22H28N4O3/c1-23-22(28)18-5-3-17(4-6-18)15-25(2)16-21(27)24-19-7-9-20(10-8-19)26-11-13-29-14-12-26/h3-10H,11-16H2,1-2H3,(H,23,28)(H,24,27)/p+1. The summed E-state index contributed by atoms with van der Waals surface area (Å²) in [5, 5.41) is 5.57. The third-order valence-corrected chi connectivity index (χ3v) is 4.94. The summed E-state index contributed by atoms with van der Waals surface area (Å²) in [7, 11) is 3.59. The maximum Gasteiger partial charge on any atom is 0.279 e. The van der Waals surface area contributed by atoms with E-state index in [9.17, 15) is 9.59 Å². The molecular formula is C22H29N4O3+. The van der Waals surface area contributed by atoms with Crippen LogP contribution in [0.3, 0.4) is 0 Å². The van der Waals surface area contributed by atoms with Crippen LogP contribution in [0.5, 0.6) is 0 Å². The minimum atomic E-state index is -0.101. The van der Waals surface area contributed by atoms with Crippen LogP contribution in [0.1, 0.15) is 15.9 Å². The molecule has 2 aromatic carbocycles. The maximum atomic E-state index is 12.4. The Morgan fingerprint density at radius 3 is 2.31 bits per heavy atom. The second kappa shape index (κ2) is 10.0. The first-order chi connectivity index (χ1) is 14.0. The first kappa shape index (κ1) is 20.8. The molecule has 0 aromatic heterocycles. The van der Waals surface area contributed by atoms with Gasteiger partial charge in [0.2, 0.25) is 0 Å². The van der Waals surface area contributed by atoms with Crippen LogP contribution in [0, 0.1) is 0 Å². The molecule has 1 unspecified atom stereocenters. The molecule has 7 nitrogen and oxygen atoms in total. The van der Waals surface area contributed by atoms with E-state index in [2.05, 4.69) is 15.5 Å². The highest BCUT2D eigenvalue weighted by atomic mass is 16.5. The Balaban J connectivity index is 1.47. The summed E-state index contributed by atoms with van der Waals surface area (Å²) in [5.41, 5.74) is 3.66. The minimum Gasteiger partial charge on any atom is -0.378 e. The van der Waals surface area contributed by atoms with Crippen LogP contribution in [0.4, 0.5) is 11.4 Å². The molecular weight excluding hydrogens is 368 g/mol. The molecule has 1 fully saturated rings. The molecule has 2 aromatic rings. The molecule has 0 aliphatic carbocycles. The van der Waals surface area contributed by atoms with Gasteiger partial charge in [-0.25, -0.2) is 0 Å². The fourth-order valence-electron chi connectivity index (χ4n) is 3.39. The lowest BCUT2D eigenvalue weighted by Gasteiger charge is -2.28. The highest BCUT2D eigenvalue weighted by Gasteiger charge is 2.13. The molecule has 3 rings (SSSR count). The molecule has 1 aliphatic rings. The van der Waals surface area contributed by atoms with Gasteiger partial charge in [0.05, 0.1) is 20.3 Å². The molecule has 2 amide bonds. The summed E-state index contributed by atoms with van der Waals surface area (Å²) in [6, 6.07) is 15.4. The molecule has 0 radical (unpaired) electrons. The van der Waals surface area contributed by atoms with Crippen molar-refractivity contribution in [3.05, 3.63) is 59.7 Å². The lowest BCUT2D eigenvalue weighted by molar-refractivity contribution is -0.885. The lowest BCUT2D eigenvalue weighted by Crippen LogP contribution is -3.08. The molecule has 7 heteroatoms. The Labute approximate surface area is 171 Å². The van der Waals surface area contributed by atoms with Crippen LogP contribution in [-0.4, -0.2) is 58.8 Å². The Morgan fingerprint density at radius 2 is 1.69 bits per heavy atom. The highest BCUT2D eigenvalue weighted by Crippen LogP contribution is 2.18. The Kier molecular flexibility index (Phi) is 7.21. The van der Waals surface area contributed by atoms with Gasteiger partial charge in [0.1, 0.15) is 6.54 Å². The molecule has 3 N–H and O–H groups in total. The number of carbonyl (C=O) groups excluding carboxylic acids is 2. The number of hydrogen-bond donors (Lipinski definition) is 3. The molecule has 29 heavy (non-hydrogen) atoms. The predicted molar refractivity (Wildman–Crippen MR) is 113 cm³/mol. The second-order valence-corrected chi connectivity index (χ2v) is 7.28. The van der Waals surface area contributed by atoms with Gasteiger partial charge < -0.3 is 25.2 Å². The summed E-state index contributed by atoms with van der Waals surface area (Å²) >= 11 is 0. The number of hydrogen-bond acceptors (Lipinski definition) is 4. The van der Waals surface area contributed by atoms with Crippen molar-refractivity contribution in [2.75, 3.05) is 57.2 Å². The quantitative estimate of drug-likeness (QED) is 0.637. The average Bonchev–Trinajstić information content (AvgIpc) is 2.74. The van der Waals surface area contributed by atoms with Crippen molar-refractivity contribution in [2.24, 2.45) is 0 Å². The predicted octanol–water partition coefficient (Wildman–Crippen LogP) is 0.536. The summed E-state index contributed by atoms with van der Waals surface area (Å²) in [6.45, 7) is 4.36. The third-order valence-electron chi connectivity index (χ3n) is 4.94. The molecule has 1 saturated heterocycles. The van der Waals surface area contributed by atoms with Gasteiger partial charge in [0.15, 0.2) is 6.54 Å². The van der Waals surface area contributed by atoms with Crippen molar-refractivity contribution in [3.8, 4) is 0 Å². The van der Waals surface area contributed by atoms with E-state index in [1.54, 1.807) is 19.2 Å². The van der Waals surface area contributed by atoms with Gasteiger partial charge in [-0.3, -0.25) is 9.59 Å². The van der Waals surface area contributed by atoms with Gasteiger partial charge >= 0.3 is 0 Å². The van der Waals surface area contributed by atoms with Gasteiger partial charge in [0.25, 0.3) is 11.8 Å². The van der Waals surface area contributed by atoms with E-state index in [4.69, 9.17) is 4.74 Å². The van der Waals surface area contributed by atoms with Crippen LogP contribution >= 0.6 is 0 Å². The van der Waals surface area contributed by atoms with E-state index in [1.807, 2.05) is 43.4 Å². The number of rotatable bonds is 7. The van der Waals surface area contributed by atoms with Crippen LogP contribution in [-0.2, 0) is 16.1 Å². The van der Waals surface area contributed by atoms with E-state index in [1.165, 1.54) is 0 Å². The SMILES string of the molecule is CNC(=O)c1ccc(C[NH+](C)CC(=O)Nc2ccc(N3CCOCC3)cc2)cc1. The van der Waals surface area contributed by atoms with Gasteiger partial charge in [-0.2, -0.15) is 0 Å². The largest absolute Gasteiger partial charge is 0.378 e. The molecule has 1 atom stereocenters. The van der Waals surface area contributed by atoms with Crippen LogP contribution in [0.2, 0.25) is 0 Å². The summed E-state index contributed by atoms with van der Waals surface area (Å²) in [4.78, 5) is 27.3. The number of ether oxygens (including phenoxy) is 1. The van der Waals surface area contributed by atoms with Gasteiger partial charge in [0, 0.05) is 42.6 Å². The second-order valence-electron chi connectivity index (χ2n) is 7.28. The van der Waals surface area contributed by atoms with E-state index in [0.29, 0.717) is 18.7 Å². The fraction of sp³-hybridized carbons (Fsp3) is 0.364. The monoisotopic (exact) mass is 397 g/mol. The smallest absolute Gasteiger partial charge is 0.279 e. The first-order valence-corrected chi connectivity index (χ1v) is 9.90. The Morgan fingerprint density at radius 1 is 1.03 bits per heavy atom. The maximum absolute atomic E-state index is 12.4. The fourth-order valence-corrected chi connectivity index (χ4v) is 3.39. The van der Waals surface area contributed by atoms with Gasteiger partial charge in [-0.1, -0.05) is 12.1 Å². The zero-order chi connectivity index (χ0) is 20.6. The van der Waals surface area contributed by atoms with Crippen molar-refractivity contribution in [1.82, 2.24) is 5.32 Å².